The molecule has 1 saturated heterocycles. The van der Waals surface area contributed by atoms with E-state index in [2.05, 4.69) is 43.5 Å². The van der Waals surface area contributed by atoms with Crippen molar-refractivity contribution in [3.05, 3.63) is 35.9 Å². The molecule has 5 nitrogen and oxygen atoms in total. The highest BCUT2D eigenvalue weighted by atomic mass is 16.7. The maximum atomic E-state index is 12.0. The molecular formula is C20H29BN2O3. The molecule has 26 heavy (non-hydrogen) atoms. The highest BCUT2D eigenvalue weighted by Crippen LogP contribution is 2.65. The molecule has 3 aliphatic carbocycles. The van der Waals surface area contributed by atoms with Crippen molar-refractivity contribution in [2.24, 2.45) is 17.3 Å². The number of carbonyl (C=O) groups excluding carboxylic acids is 1. The van der Waals surface area contributed by atoms with Gasteiger partial charge < -0.3 is 19.9 Å². The number of hydrogen-bond acceptors (Lipinski definition) is 3. The lowest BCUT2D eigenvalue weighted by Gasteiger charge is -2.64. The van der Waals surface area contributed by atoms with Crippen molar-refractivity contribution in [2.45, 2.75) is 57.7 Å². The summed E-state index contributed by atoms with van der Waals surface area (Å²) in [6, 6.07) is 9.97. The molecular weight excluding hydrogens is 327 g/mol. The van der Waals surface area contributed by atoms with Crippen LogP contribution in [-0.2, 0) is 15.7 Å². The van der Waals surface area contributed by atoms with Crippen LogP contribution >= 0.6 is 0 Å². The summed E-state index contributed by atoms with van der Waals surface area (Å²) in [6.07, 6.45) is 3.07. The molecule has 0 aromatic heterocycles. The summed E-state index contributed by atoms with van der Waals surface area (Å²) >= 11 is 0. The summed E-state index contributed by atoms with van der Waals surface area (Å²) in [6.45, 7) is 6.92. The van der Waals surface area contributed by atoms with Gasteiger partial charge in [0.2, 0.25) is 0 Å². The SMILES string of the molecule is CNC(=O)NC(Cc1ccccc1)B1OC2CC3CC(C3(C)C)[C@]2(C)O1. The number of benzene rings is 1. The molecule has 2 N–H and O–H groups in total. The van der Waals surface area contributed by atoms with Crippen LogP contribution in [0, 0.1) is 17.3 Å². The zero-order valence-corrected chi connectivity index (χ0v) is 16.1. The lowest BCUT2D eigenvalue weighted by molar-refractivity contribution is -0.199. The smallest absolute Gasteiger partial charge is 0.404 e. The number of nitrogens with one attached hydrogen (secondary N) is 2. The molecule has 5 atom stereocenters. The van der Waals surface area contributed by atoms with Gasteiger partial charge in [-0.2, -0.15) is 0 Å². The fourth-order valence-corrected chi connectivity index (χ4v) is 5.39. The second-order valence-corrected chi connectivity index (χ2v) is 8.86. The zero-order valence-electron chi connectivity index (χ0n) is 16.1. The molecule has 4 fully saturated rings. The topological polar surface area (TPSA) is 59.6 Å². The Morgan fingerprint density at radius 3 is 2.65 bits per heavy atom. The monoisotopic (exact) mass is 356 g/mol. The largest absolute Gasteiger partial charge is 0.482 e. The lowest BCUT2D eigenvalue weighted by Crippen LogP contribution is -2.65. The molecule has 2 amide bonds. The van der Waals surface area contributed by atoms with Gasteiger partial charge in [0.1, 0.15) is 0 Å². The van der Waals surface area contributed by atoms with Crippen LogP contribution in [0.2, 0.25) is 0 Å². The van der Waals surface area contributed by atoms with Gasteiger partial charge in [0.05, 0.1) is 17.6 Å². The molecule has 4 aliphatic rings. The van der Waals surface area contributed by atoms with E-state index >= 15 is 0 Å². The molecule has 3 saturated carbocycles. The normalized spacial score (nSPS) is 35.2. The summed E-state index contributed by atoms with van der Waals surface area (Å²) in [4.78, 5) is 12.0. The van der Waals surface area contributed by atoms with Crippen LogP contribution < -0.4 is 10.6 Å². The minimum absolute atomic E-state index is 0.119. The van der Waals surface area contributed by atoms with E-state index in [1.807, 2.05) is 18.2 Å². The van der Waals surface area contributed by atoms with E-state index in [-0.39, 0.29) is 23.7 Å². The van der Waals surface area contributed by atoms with E-state index in [9.17, 15) is 4.79 Å². The maximum Gasteiger partial charge on any atom is 0.482 e. The molecule has 0 spiro atoms. The number of rotatable bonds is 4. The summed E-state index contributed by atoms with van der Waals surface area (Å²) in [5, 5.41) is 5.68. The Morgan fingerprint density at radius 1 is 1.27 bits per heavy atom. The van der Waals surface area contributed by atoms with Crippen LogP contribution in [0.4, 0.5) is 4.79 Å². The summed E-state index contributed by atoms with van der Waals surface area (Å²) in [5.41, 5.74) is 1.21. The Balaban J connectivity index is 1.54. The van der Waals surface area contributed by atoms with Gasteiger partial charge in [-0.15, -0.1) is 0 Å². The first-order valence-corrected chi connectivity index (χ1v) is 9.70. The predicted molar refractivity (Wildman–Crippen MR) is 102 cm³/mol. The second kappa shape index (κ2) is 6.27. The molecule has 5 rings (SSSR count). The van der Waals surface area contributed by atoms with E-state index in [0.717, 1.165) is 12.0 Å². The first-order chi connectivity index (χ1) is 12.3. The molecule has 140 valence electrons. The van der Waals surface area contributed by atoms with Gasteiger partial charge in [-0.25, -0.2) is 4.79 Å². The molecule has 1 aromatic rings. The average molecular weight is 356 g/mol. The van der Waals surface area contributed by atoms with E-state index in [1.54, 1.807) is 7.05 Å². The van der Waals surface area contributed by atoms with Crippen LogP contribution in [-0.4, -0.2) is 37.8 Å². The van der Waals surface area contributed by atoms with Crippen molar-refractivity contribution in [1.29, 1.82) is 0 Å². The number of amides is 2. The van der Waals surface area contributed by atoms with Gasteiger partial charge in [-0.05, 0) is 49.0 Å². The van der Waals surface area contributed by atoms with Gasteiger partial charge in [-0.3, -0.25) is 0 Å². The van der Waals surface area contributed by atoms with Crippen LogP contribution in [0.1, 0.15) is 39.2 Å². The number of hydrogen-bond donors (Lipinski definition) is 2. The van der Waals surface area contributed by atoms with Crippen molar-refractivity contribution in [1.82, 2.24) is 10.6 Å². The standard InChI is InChI=1S/C20H29BN2O3/c1-19(2)14-11-15(19)20(3)16(12-14)25-21(26-20)17(23-18(24)22-4)10-13-8-6-5-7-9-13/h5-9,14-17H,10-12H2,1-4H3,(H2,22,23,24)/t14?,15?,16?,17?,20-/m0/s1. The van der Waals surface area contributed by atoms with Crippen molar-refractivity contribution in [3.8, 4) is 0 Å². The van der Waals surface area contributed by atoms with Crippen molar-refractivity contribution in [3.63, 3.8) is 0 Å². The molecule has 1 heterocycles. The van der Waals surface area contributed by atoms with Gasteiger partial charge in [-0.1, -0.05) is 44.2 Å². The third kappa shape index (κ3) is 2.74. The third-order valence-corrected chi connectivity index (χ3v) is 7.14. The van der Waals surface area contributed by atoms with E-state index in [4.69, 9.17) is 9.31 Å². The highest BCUT2D eigenvalue weighted by molar-refractivity contribution is 6.48. The van der Waals surface area contributed by atoms with Gasteiger partial charge in [0, 0.05) is 7.05 Å². The number of carbonyl (C=O) groups is 1. The van der Waals surface area contributed by atoms with Crippen LogP contribution in [0.5, 0.6) is 0 Å². The molecule has 0 radical (unpaired) electrons. The third-order valence-electron chi connectivity index (χ3n) is 7.14. The Labute approximate surface area is 156 Å². The first kappa shape index (κ1) is 17.9. The fourth-order valence-electron chi connectivity index (χ4n) is 5.39. The van der Waals surface area contributed by atoms with Crippen LogP contribution in [0.15, 0.2) is 30.3 Å². The fraction of sp³-hybridized carbons (Fsp3) is 0.650. The molecule has 2 bridgehead atoms. The first-order valence-electron chi connectivity index (χ1n) is 9.70. The van der Waals surface area contributed by atoms with Crippen molar-refractivity contribution >= 4 is 13.1 Å². The Hall–Kier alpha value is -1.53. The van der Waals surface area contributed by atoms with Crippen LogP contribution in [0.3, 0.4) is 0 Å². The molecule has 1 aromatic carbocycles. The molecule has 6 heteroatoms. The van der Waals surface area contributed by atoms with Crippen molar-refractivity contribution < 1.29 is 14.1 Å². The summed E-state index contributed by atoms with van der Waals surface area (Å²) in [5.74, 6) is 1.01. The van der Waals surface area contributed by atoms with Gasteiger partial charge in [0.25, 0.3) is 0 Å². The predicted octanol–water partition coefficient (Wildman–Crippen LogP) is 2.79. The van der Waals surface area contributed by atoms with Crippen molar-refractivity contribution in [2.75, 3.05) is 7.05 Å². The summed E-state index contributed by atoms with van der Waals surface area (Å²) < 4.78 is 12.9. The van der Waals surface area contributed by atoms with E-state index in [0.29, 0.717) is 23.7 Å². The van der Waals surface area contributed by atoms with E-state index < -0.39 is 7.12 Å². The quantitative estimate of drug-likeness (QED) is 0.816. The Morgan fingerprint density at radius 2 is 2.00 bits per heavy atom. The second-order valence-electron chi connectivity index (χ2n) is 8.86. The average Bonchev–Trinajstić information content (AvgIpc) is 2.98. The Kier molecular flexibility index (Phi) is 4.31. The molecule has 1 aliphatic heterocycles. The zero-order chi connectivity index (χ0) is 18.5. The lowest BCUT2D eigenvalue weighted by atomic mass is 9.43. The minimum atomic E-state index is -0.419. The maximum absolute atomic E-state index is 12.0. The minimum Gasteiger partial charge on any atom is -0.404 e. The van der Waals surface area contributed by atoms with E-state index in [1.165, 1.54) is 6.42 Å². The Bertz CT molecular complexity index is 683. The summed E-state index contributed by atoms with van der Waals surface area (Å²) in [7, 11) is 1.21. The van der Waals surface area contributed by atoms with Crippen LogP contribution in [0.25, 0.3) is 0 Å². The van der Waals surface area contributed by atoms with Gasteiger partial charge >= 0.3 is 13.1 Å². The molecule has 4 unspecified atom stereocenters. The highest BCUT2D eigenvalue weighted by Gasteiger charge is 2.68. The number of urea groups is 1. The van der Waals surface area contributed by atoms with Gasteiger partial charge in [0.15, 0.2) is 0 Å².